The smallest absolute Gasteiger partial charge is 0.237 e. The van der Waals surface area contributed by atoms with Crippen LogP contribution >= 0.6 is 0 Å². The van der Waals surface area contributed by atoms with Crippen molar-refractivity contribution >= 4 is 16.6 Å². The molecule has 0 saturated carbocycles. The molecule has 166 valence electrons. The molecular formula is C26H25N5O2. The third-order valence-electron chi connectivity index (χ3n) is 5.83. The van der Waals surface area contributed by atoms with Crippen LogP contribution in [0.15, 0.2) is 60.8 Å². The van der Waals surface area contributed by atoms with Crippen molar-refractivity contribution in [1.29, 1.82) is 5.26 Å². The Morgan fingerprint density at radius 2 is 2.06 bits per heavy atom. The van der Waals surface area contributed by atoms with E-state index in [0.717, 1.165) is 53.1 Å². The summed E-state index contributed by atoms with van der Waals surface area (Å²) in [5.74, 6) is 1.46. The highest BCUT2D eigenvalue weighted by molar-refractivity contribution is 5.87. The lowest BCUT2D eigenvalue weighted by atomic mass is 10.1. The SMILES string of the molecule is COc1ccc2[nH]c(-c3cnc4c(c3)NCC(CNCCc3ccc(C#N)cc3)O4)cc2c1. The number of anilines is 1. The molecule has 3 N–H and O–H groups in total. The van der Waals surface area contributed by atoms with E-state index in [-0.39, 0.29) is 6.10 Å². The average Bonchev–Trinajstić information content (AvgIpc) is 3.30. The second kappa shape index (κ2) is 9.23. The summed E-state index contributed by atoms with van der Waals surface area (Å²) in [4.78, 5) is 8.00. The first-order valence-electron chi connectivity index (χ1n) is 11.0. The van der Waals surface area contributed by atoms with E-state index >= 15 is 0 Å². The first kappa shape index (κ1) is 20.9. The van der Waals surface area contributed by atoms with Crippen LogP contribution in [0.2, 0.25) is 0 Å². The van der Waals surface area contributed by atoms with Crippen LogP contribution in [0.5, 0.6) is 11.6 Å². The van der Waals surface area contributed by atoms with E-state index in [2.05, 4.69) is 38.8 Å². The topological polar surface area (TPSA) is 95.0 Å². The predicted octanol–water partition coefficient (Wildman–Crippen LogP) is 4.12. The first-order chi connectivity index (χ1) is 16.2. The molecule has 5 rings (SSSR count). The summed E-state index contributed by atoms with van der Waals surface area (Å²) in [6, 6.07) is 20.0. The van der Waals surface area contributed by atoms with E-state index in [1.165, 1.54) is 5.56 Å². The Labute approximate surface area is 192 Å². The van der Waals surface area contributed by atoms with Gasteiger partial charge in [-0.1, -0.05) is 12.1 Å². The fraction of sp³-hybridized carbons (Fsp3) is 0.231. The Hall–Kier alpha value is -4.02. The summed E-state index contributed by atoms with van der Waals surface area (Å²) in [5, 5.41) is 16.9. The molecule has 33 heavy (non-hydrogen) atoms. The molecule has 0 radical (unpaired) electrons. The normalized spacial score (nSPS) is 14.7. The first-order valence-corrected chi connectivity index (χ1v) is 11.0. The molecule has 0 bridgehead atoms. The predicted molar refractivity (Wildman–Crippen MR) is 129 cm³/mol. The molecule has 3 heterocycles. The van der Waals surface area contributed by atoms with E-state index in [9.17, 15) is 0 Å². The third-order valence-corrected chi connectivity index (χ3v) is 5.83. The van der Waals surface area contributed by atoms with Crippen molar-refractivity contribution in [2.75, 3.05) is 32.1 Å². The molecule has 1 aliphatic rings. The molecule has 2 aromatic heterocycles. The van der Waals surface area contributed by atoms with Crippen LogP contribution in [0.3, 0.4) is 0 Å². The fourth-order valence-electron chi connectivity index (χ4n) is 3.99. The van der Waals surface area contributed by atoms with Crippen molar-refractivity contribution < 1.29 is 9.47 Å². The largest absolute Gasteiger partial charge is 0.497 e. The van der Waals surface area contributed by atoms with Crippen LogP contribution in [-0.2, 0) is 6.42 Å². The zero-order valence-corrected chi connectivity index (χ0v) is 18.4. The fourth-order valence-corrected chi connectivity index (χ4v) is 3.99. The van der Waals surface area contributed by atoms with E-state index in [4.69, 9.17) is 14.7 Å². The lowest BCUT2D eigenvalue weighted by molar-refractivity contribution is 0.194. The number of hydrogen-bond acceptors (Lipinski definition) is 6. The molecule has 0 amide bonds. The molecule has 4 aromatic rings. The standard InChI is InChI=1S/C26H25N5O2/c1-32-21-6-7-23-19(10-21)11-24(31-23)20-12-25-26(30-14-20)33-22(16-29-25)15-28-9-8-17-2-4-18(13-27)5-3-17/h2-7,10-12,14,22,28-29,31H,8-9,15-16H2,1H3. The molecule has 1 aliphatic heterocycles. The number of rotatable bonds is 7. The Balaban J connectivity index is 1.18. The number of ether oxygens (including phenoxy) is 2. The van der Waals surface area contributed by atoms with E-state index in [1.807, 2.05) is 48.7 Å². The number of nitrogens with zero attached hydrogens (tertiary/aromatic N) is 2. The van der Waals surface area contributed by atoms with Crippen LogP contribution in [0.4, 0.5) is 5.69 Å². The Kier molecular flexibility index (Phi) is 5.83. The summed E-state index contributed by atoms with van der Waals surface area (Å²) in [6.45, 7) is 2.29. The van der Waals surface area contributed by atoms with E-state index in [0.29, 0.717) is 18.0 Å². The van der Waals surface area contributed by atoms with Crippen molar-refractivity contribution in [1.82, 2.24) is 15.3 Å². The highest BCUT2D eigenvalue weighted by Crippen LogP contribution is 2.33. The van der Waals surface area contributed by atoms with Gasteiger partial charge >= 0.3 is 0 Å². The van der Waals surface area contributed by atoms with Gasteiger partial charge in [-0.15, -0.1) is 0 Å². The molecule has 7 heteroatoms. The van der Waals surface area contributed by atoms with Crippen LogP contribution < -0.4 is 20.1 Å². The highest BCUT2D eigenvalue weighted by Gasteiger charge is 2.21. The van der Waals surface area contributed by atoms with Gasteiger partial charge in [-0.25, -0.2) is 4.98 Å². The van der Waals surface area contributed by atoms with Gasteiger partial charge in [0.25, 0.3) is 0 Å². The molecule has 0 saturated heterocycles. The molecule has 0 fully saturated rings. The zero-order chi connectivity index (χ0) is 22.6. The summed E-state index contributed by atoms with van der Waals surface area (Å²) >= 11 is 0. The van der Waals surface area contributed by atoms with Crippen molar-refractivity contribution in [2.24, 2.45) is 0 Å². The van der Waals surface area contributed by atoms with Crippen LogP contribution in [0.1, 0.15) is 11.1 Å². The average molecular weight is 440 g/mol. The molecule has 0 spiro atoms. The van der Waals surface area contributed by atoms with Gasteiger partial charge in [-0.2, -0.15) is 5.26 Å². The van der Waals surface area contributed by atoms with Gasteiger partial charge in [-0.05, 0) is 61.0 Å². The van der Waals surface area contributed by atoms with Gasteiger partial charge < -0.3 is 25.1 Å². The number of methoxy groups -OCH3 is 1. The molecule has 0 aliphatic carbocycles. The summed E-state index contributed by atoms with van der Waals surface area (Å²) in [6.07, 6.45) is 2.75. The van der Waals surface area contributed by atoms with Crippen molar-refractivity contribution in [3.63, 3.8) is 0 Å². The second-order valence-electron chi connectivity index (χ2n) is 8.10. The van der Waals surface area contributed by atoms with Gasteiger partial charge in [0, 0.05) is 34.9 Å². The third kappa shape index (κ3) is 4.61. The minimum Gasteiger partial charge on any atom is -0.497 e. The van der Waals surface area contributed by atoms with Crippen LogP contribution in [0, 0.1) is 11.3 Å². The van der Waals surface area contributed by atoms with Gasteiger partial charge in [0.1, 0.15) is 11.9 Å². The van der Waals surface area contributed by atoms with E-state index in [1.54, 1.807) is 7.11 Å². The number of hydrogen-bond donors (Lipinski definition) is 3. The number of fused-ring (bicyclic) bond motifs is 2. The molecule has 1 atom stereocenters. The van der Waals surface area contributed by atoms with Gasteiger partial charge in [0.15, 0.2) is 0 Å². The van der Waals surface area contributed by atoms with Gasteiger partial charge in [0.2, 0.25) is 5.88 Å². The number of nitriles is 1. The van der Waals surface area contributed by atoms with Crippen LogP contribution in [-0.4, -0.2) is 42.8 Å². The molecule has 1 unspecified atom stereocenters. The summed E-state index contributed by atoms with van der Waals surface area (Å²) in [5.41, 5.74) is 5.85. The molecule has 7 nitrogen and oxygen atoms in total. The number of H-pyrrole nitrogens is 1. The van der Waals surface area contributed by atoms with Gasteiger partial charge in [0.05, 0.1) is 31.0 Å². The number of aromatic amines is 1. The number of benzene rings is 2. The quantitative estimate of drug-likeness (QED) is 0.375. The van der Waals surface area contributed by atoms with Crippen molar-refractivity contribution in [3.05, 3.63) is 71.9 Å². The zero-order valence-electron chi connectivity index (χ0n) is 18.4. The maximum atomic E-state index is 8.88. The monoisotopic (exact) mass is 439 g/mol. The van der Waals surface area contributed by atoms with Gasteiger partial charge in [-0.3, -0.25) is 0 Å². The maximum Gasteiger partial charge on any atom is 0.237 e. The Morgan fingerprint density at radius 3 is 2.88 bits per heavy atom. The Bertz CT molecular complexity index is 1310. The summed E-state index contributed by atoms with van der Waals surface area (Å²) < 4.78 is 11.4. The lowest BCUT2D eigenvalue weighted by Crippen LogP contribution is -2.40. The summed E-state index contributed by atoms with van der Waals surface area (Å²) in [7, 11) is 1.67. The molecule has 2 aromatic carbocycles. The van der Waals surface area contributed by atoms with E-state index < -0.39 is 0 Å². The minimum atomic E-state index is 0.0114. The van der Waals surface area contributed by atoms with Crippen molar-refractivity contribution in [2.45, 2.75) is 12.5 Å². The lowest BCUT2D eigenvalue weighted by Gasteiger charge is -2.27. The minimum absolute atomic E-state index is 0.0114. The molecular weight excluding hydrogens is 414 g/mol. The van der Waals surface area contributed by atoms with Crippen molar-refractivity contribution in [3.8, 4) is 29.0 Å². The number of nitrogens with one attached hydrogen (secondary N) is 3. The number of pyridine rings is 1. The van der Waals surface area contributed by atoms with Crippen LogP contribution in [0.25, 0.3) is 22.2 Å². The second-order valence-corrected chi connectivity index (χ2v) is 8.10. The number of aromatic nitrogens is 2. The highest BCUT2D eigenvalue weighted by atomic mass is 16.5. The Morgan fingerprint density at radius 1 is 1.18 bits per heavy atom. The maximum absolute atomic E-state index is 8.88.